The number of rotatable bonds is 3. The van der Waals surface area contributed by atoms with Crippen LogP contribution in [0, 0.1) is 0 Å². The minimum absolute atomic E-state index is 0.0435. The summed E-state index contributed by atoms with van der Waals surface area (Å²) in [6, 6.07) is 13.9. The Morgan fingerprint density at radius 3 is 2.71 bits per heavy atom. The summed E-state index contributed by atoms with van der Waals surface area (Å²) in [4.78, 5) is 4.20. The molecule has 0 fully saturated rings. The van der Waals surface area contributed by atoms with Crippen LogP contribution in [-0.2, 0) is 0 Å². The first-order valence-electron chi connectivity index (χ1n) is 6.70. The molecule has 1 heterocycles. The molecule has 0 saturated heterocycles. The molecule has 0 radical (unpaired) electrons. The molecule has 0 aliphatic carbocycles. The number of nitrogens with zero attached hydrogens (tertiary/aromatic N) is 1. The Morgan fingerprint density at radius 1 is 1.05 bits per heavy atom. The lowest BCUT2D eigenvalue weighted by atomic mass is 10.1. The van der Waals surface area contributed by atoms with E-state index in [1.807, 2.05) is 36.5 Å². The number of nitrogens with one attached hydrogen (secondary N) is 1. The van der Waals surface area contributed by atoms with E-state index in [9.17, 15) is 0 Å². The maximum atomic E-state index is 6.29. The first-order valence-corrected chi connectivity index (χ1v) is 7.45. The monoisotopic (exact) mass is 316 g/mol. The van der Waals surface area contributed by atoms with E-state index < -0.39 is 0 Å². The molecule has 21 heavy (non-hydrogen) atoms. The van der Waals surface area contributed by atoms with Crippen LogP contribution < -0.4 is 5.32 Å². The van der Waals surface area contributed by atoms with Crippen molar-refractivity contribution in [1.29, 1.82) is 0 Å². The van der Waals surface area contributed by atoms with Crippen molar-refractivity contribution in [2.24, 2.45) is 0 Å². The summed E-state index contributed by atoms with van der Waals surface area (Å²) in [7, 11) is 0. The van der Waals surface area contributed by atoms with Crippen LogP contribution in [0.4, 0.5) is 5.69 Å². The second-order valence-corrected chi connectivity index (χ2v) is 5.70. The highest BCUT2D eigenvalue weighted by molar-refractivity contribution is 6.42. The highest BCUT2D eigenvalue weighted by atomic mass is 35.5. The van der Waals surface area contributed by atoms with Gasteiger partial charge in [-0.1, -0.05) is 47.5 Å². The molecule has 1 atom stereocenters. The molecule has 2 nitrogen and oxygen atoms in total. The fraction of sp³-hybridized carbons (Fsp3) is 0.118. The quantitative estimate of drug-likeness (QED) is 0.669. The zero-order valence-corrected chi connectivity index (χ0v) is 13.0. The Kier molecular flexibility index (Phi) is 4.00. The van der Waals surface area contributed by atoms with E-state index in [-0.39, 0.29) is 6.04 Å². The molecule has 3 rings (SSSR count). The smallest absolute Gasteiger partial charge is 0.0644 e. The highest BCUT2D eigenvalue weighted by Crippen LogP contribution is 2.33. The molecule has 0 amide bonds. The Morgan fingerprint density at radius 2 is 1.86 bits per heavy atom. The van der Waals surface area contributed by atoms with Gasteiger partial charge in [0.25, 0.3) is 0 Å². The van der Waals surface area contributed by atoms with Crippen LogP contribution in [-0.4, -0.2) is 4.98 Å². The van der Waals surface area contributed by atoms with Gasteiger partial charge in [-0.3, -0.25) is 4.98 Å². The lowest BCUT2D eigenvalue weighted by molar-refractivity contribution is 0.887. The molecular weight excluding hydrogens is 303 g/mol. The van der Waals surface area contributed by atoms with Gasteiger partial charge in [-0.05, 0) is 36.1 Å². The van der Waals surface area contributed by atoms with E-state index in [1.54, 1.807) is 12.3 Å². The van der Waals surface area contributed by atoms with Gasteiger partial charge in [-0.15, -0.1) is 0 Å². The van der Waals surface area contributed by atoms with Crippen LogP contribution in [0.1, 0.15) is 18.5 Å². The van der Waals surface area contributed by atoms with Crippen molar-refractivity contribution in [2.75, 3.05) is 5.32 Å². The van der Waals surface area contributed by atoms with Crippen molar-refractivity contribution < 1.29 is 0 Å². The van der Waals surface area contributed by atoms with E-state index >= 15 is 0 Å². The Balaban J connectivity index is 1.97. The highest BCUT2D eigenvalue weighted by Gasteiger charge is 2.12. The number of fused-ring (bicyclic) bond motifs is 1. The first kappa shape index (κ1) is 14.2. The molecule has 4 heteroatoms. The molecular formula is C17H14Cl2N2. The number of benzene rings is 2. The second-order valence-electron chi connectivity index (χ2n) is 4.91. The van der Waals surface area contributed by atoms with Gasteiger partial charge >= 0.3 is 0 Å². The number of pyridine rings is 1. The number of halogens is 2. The van der Waals surface area contributed by atoms with Crippen molar-refractivity contribution in [3.05, 3.63) is 70.5 Å². The van der Waals surface area contributed by atoms with Gasteiger partial charge in [0.15, 0.2) is 0 Å². The fourth-order valence-corrected chi connectivity index (χ4v) is 2.88. The summed E-state index contributed by atoms with van der Waals surface area (Å²) in [5, 5.41) is 6.89. The van der Waals surface area contributed by atoms with Crippen LogP contribution in [0.25, 0.3) is 10.8 Å². The van der Waals surface area contributed by atoms with Crippen LogP contribution in [0.3, 0.4) is 0 Å². The summed E-state index contributed by atoms with van der Waals surface area (Å²) in [5.74, 6) is 0. The van der Waals surface area contributed by atoms with Crippen molar-refractivity contribution in [2.45, 2.75) is 13.0 Å². The van der Waals surface area contributed by atoms with E-state index in [0.29, 0.717) is 10.0 Å². The maximum absolute atomic E-state index is 6.29. The largest absolute Gasteiger partial charge is 0.378 e. The third kappa shape index (κ3) is 2.82. The van der Waals surface area contributed by atoms with Gasteiger partial charge in [0.05, 0.1) is 16.1 Å². The Bertz CT molecular complexity index is 781. The van der Waals surface area contributed by atoms with Crippen molar-refractivity contribution in [3.8, 4) is 0 Å². The molecule has 0 aliphatic heterocycles. The van der Waals surface area contributed by atoms with Crippen molar-refractivity contribution in [1.82, 2.24) is 4.98 Å². The summed E-state index contributed by atoms with van der Waals surface area (Å²) in [5.41, 5.74) is 2.01. The zero-order chi connectivity index (χ0) is 14.8. The van der Waals surface area contributed by atoms with E-state index in [1.165, 1.54) is 0 Å². The van der Waals surface area contributed by atoms with E-state index in [2.05, 4.69) is 23.3 Å². The van der Waals surface area contributed by atoms with Gasteiger partial charge in [-0.25, -0.2) is 0 Å². The van der Waals surface area contributed by atoms with Crippen LogP contribution in [0.5, 0.6) is 0 Å². The van der Waals surface area contributed by atoms with Crippen LogP contribution in [0.2, 0.25) is 10.0 Å². The standard InChI is InChI=1S/C17H14Cl2N2/c1-11(13-5-3-6-15(18)17(13)19)21-16-7-2-4-12-8-9-20-10-14(12)16/h2-11,21H,1H3. The lowest BCUT2D eigenvalue weighted by Crippen LogP contribution is -2.07. The third-order valence-electron chi connectivity index (χ3n) is 3.50. The molecule has 1 N–H and O–H groups in total. The predicted molar refractivity (Wildman–Crippen MR) is 90.2 cm³/mol. The van der Waals surface area contributed by atoms with Gasteiger partial charge < -0.3 is 5.32 Å². The molecule has 0 aliphatic rings. The maximum Gasteiger partial charge on any atom is 0.0644 e. The summed E-state index contributed by atoms with van der Waals surface area (Å²) >= 11 is 12.4. The first-order chi connectivity index (χ1) is 10.2. The van der Waals surface area contributed by atoms with Crippen molar-refractivity contribution >= 4 is 39.7 Å². The third-order valence-corrected chi connectivity index (χ3v) is 4.34. The molecule has 1 unspecified atom stereocenters. The topological polar surface area (TPSA) is 24.9 Å². The van der Waals surface area contributed by atoms with Crippen molar-refractivity contribution in [3.63, 3.8) is 0 Å². The fourth-order valence-electron chi connectivity index (χ4n) is 2.41. The number of hydrogen-bond donors (Lipinski definition) is 1. The Labute approximate surface area is 133 Å². The van der Waals surface area contributed by atoms with Gasteiger partial charge in [-0.2, -0.15) is 0 Å². The molecule has 0 bridgehead atoms. The SMILES string of the molecule is CC(Nc1cccc2ccncc12)c1cccc(Cl)c1Cl. The summed E-state index contributed by atoms with van der Waals surface area (Å²) in [6.07, 6.45) is 3.66. The zero-order valence-electron chi connectivity index (χ0n) is 11.5. The average molecular weight is 317 g/mol. The lowest BCUT2D eigenvalue weighted by Gasteiger charge is -2.18. The van der Waals surface area contributed by atoms with Gasteiger partial charge in [0.1, 0.15) is 0 Å². The minimum atomic E-state index is 0.0435. The summed E-state index contributed by atoms with van der Waals surface area (Å²) < 4.78 is 0. The van der Waals surface area contributed by atoms with E-state index in [0.717, 1.165) is 22.0 Å². The van der Waals surface area contributed by atoms with E-state index in [4.69, 9.17) is 23.2 Å². The molecule has 3 aromatic rings. The average Bonchev–Trinajstić information content (AvgIpc) is 2.50. The van der Waals surface area contributed by atoms with Gasteiger partial charge in [0.2, 0.25) is 0 Å². The van der Waals surface area contributed by atoms with Gasteiger partial charge in [0, 0.05) is 23.5 Å². The van der Waals surface area contributed by atoms with Crippen LogP contribution >= 0.6 is 23.2 Å². The molecule has 106 valence electrons. The minimum Gasteiger partial charge on any atom is -0.378 e. The normalized spacial score (nSPS) is 12.3. The molecule has 1 aromatic heterocycles. The summed E-state index contributed by atoms with van der Waals surface area (Å²) in [6.45, 7) is 2.06. The second kappa shape index (κ2) is 5.92. The number of aromatic nitrogens is 1. The predicted octanol–water partition coefficient (Wildman–Crippen LogP) is 5.71. The molecule has 0 spiro atoms. The molecule has 0 saturated carbocycles. The van der Waals surface area contributed by atoms with Crippen LogP contribution in [0.15, 0.2) is 54.9 Å². The Hall–Kier alpha value is -1.77. The molecule has 2 aromatic carbocycles. The number of anilines is 1. The number of hydrogen-bond acceptors (Lipinski definition) is 2.